The molecule has 0 heterocycles. The summed E-state index contributed by atoms with van der Waals surface area (Å²) in [7, 11) is 0. The summed E-state index contributed by atoms with van der Waals surface area (Å²) >= 11 is 0. The van der Waals surface area contributed by atoms with Crippen molar-refractivity contribution in [2.24, 2.45) is 0 Å². The number of carbonyl (C=O) groups excluding carboxylic acids is 2. The molecule has 2 atom stereocenters. The maximum atomic E-state index is 14.2. The lowest BCUT2D eigenvalue weighted by atomic mass is 10.1. The molecule has 2 amide bonds. The van der Waals surface area contributed by atoms with Crippen LogP contribution >= 0.6 is 0 Å². The van der Waals surface area contributed by atoms with Crippen molar-refractivity contribution in [3.63, 3.8) is 0 Å². The van der Waals surface area contributed by atoms with Gasteiger partial charge in [-0.15, -0.1) is 0 Å². The first-order valence-electron chi connectivity index (χ1n) is 9.80. The van der Waals surface area contributed by atoms with Gasteiger partial charge in [0.1, 0.15) is 11.9 Å². The number of rotatable bonds is 9. The van der Waals surface area contributed by atoms with E-state index in [-0.39, 0.29) is 41.7 Å². The Hall–Kier alpha value is -3.29. The highest BCUT2D eigenvalue weighted by molar-refractivity contribution is 5.88. The van der Waals surface area contributed by atoms with E-state index in [4.69, 9.17) is 0 Å². The Morgan fingerprint density at radius 1 is 1.10 bits per heavy atom. The monoisotopic (exact) mass is 415 g/mol. The highest BCUT2D eigenvalue weighted by Crippen LogP contribution is 2.21. The smallest absolute Gasteiger partial charge is 0.273 e. The number of nitro benzene ring substituents is 1. The first kappa shape index (κ1) is 23.0. The Labute approximate surface area is 175 Å². The van der Waals surface area contributed by atoms with E-state index in [0.29, 0.717) is 0 Å². The summed E-state index contributed by atoms with van der Waals surface area (Å²) in [6.45, 7) is 5.21. The van der Waals surface area contributed by atoms with E-state index >= 15 is 0 Å². The van der Waals surface area contributed by atoms with Gasteiger partial charge in [-0.2, -0.15) is 0 Å². The van der Waals surface area contributed by atoms with Crippen LogP contribution in [0.1, 0.15) is 38.3 Å². The van der Waals surface area contributed by atoms with Crippen molar-refractivity contribution < 1.29 is 18.9 Å². The summed E-state index contributed by atoms with van der Waals surface area (Å²) in [4.78, 5) is 37.7. The van der Waals surface area contributed by atoms with Crippen LogP contribution in [-0.4, -0.2) is 33.7 Å². The highest BCUT2D eigenvalue weighted by Gasteiger charge is 2.29. The molecular weight excluding hydrogens is 389 g/mol. The van der Waals surface area contributed by atoms with Gasteiger partial charge in [0.15, 0.2) is 0 Å². The van der Waals surface area contributed by atoms with E-state index in [1.165, 1.54) is 35.2 Å². The molecule has 30 heavy (non-hydrogen) atoms. The minimum Gasteiger partial charge on any atom is -0.352 e. The standard InChI is InChI=1S/C22H26FN3O4/c1-4-15(2)24-22(28)16(3)25(14-18-10-5-7-11-19(18)23)21(27)13-17-9-6-8-12-20(17)26(29)30/h5-12,15-16H,4,13-14H2,1-3H3,(H,24,28)/t15-,16-/m1/s1. The molecule has 7 nitrogen and oxygen atoms in total. The van der Waals surface area contributed by atoms with Crippen molar-refractivity contribution in [2.45, 2.75) is 52.2 Å². The molecule has 0 spiro atoms. The third-order valence-corrected chi connectivity index (χ3v) is 5.00. The molecule has 2 rings (SSSR count). The number of nitrogens with one attached hydrogen (secondary N) is 1. The second kappa shape index (κ2) is 10.5. The fourth-order valence-corrected chi connectivity index (χ4v) is 2.96. The Morgan fingerprint density at radius 3 is 2.30 bits per heavy atom. The number of amides is 2. The molecule has 2 aromatic rings. The molecule has 0 bridgehead atoms. The number of hydrogen-bond donors (Lipinski definition) is 1. The molecule has 0 saturated heterocycles. The van der Waals surface area contributed by atoms with Crippen molar-refractivity contribution in [3.05, 3.63) is 75.6 Å². The Balaban J connectivity index is 2.32. The minimum atomic E-state index is -0.881. The molecule has 0 saturated carbocycles. The molecule has 0 aromatic heterocycles. The van der Waals surface area contributed by atoms with Gasteiger partial charge >= 0.3 is 0 Å². The fourth-order valence-electron chi connectivity index (χ4n) is 2.96. The largest absolute Gasteiger partial charge is 0.352 e. The van der Waals surface area contributed by atoms with E-state index < -0.39 is 22.7 Å². The van der Waals surface area contributed by atoms with Gasteiger partial charge in [0, 0.05) is 29.8 Å². The first-order chi connectivity index (χ1) is 14.2. The molecule has 0 fully saturated rings. The summed E-state index contributed by atoms with van der Waals surface area (Å²) in [5.74, 6) is -1.36. The number of nitrogens with zero attached hydrogens (tertiary/aromatic N) is 2. The van der Waals surface area contributed by atoms with Gasteiger partial charge in [0.2, 0.25) is 11.8 Å². The average Bonchev–Trinajstić information content (AvgIpc) is 2.72. The van der Waals surface area contributed by atoms with Crippen LogP contribution in [0, 0.1) is 15.9 Å². The quantitative estimate of drug-likeness (QED) is 0.500. The van der Waals surface area contributed by atoms with Crippen molar-refractivity contribution in [2.75, 3.05) is 0 Å². The van der Waals surface area contributed by atoms with Gasteiger partial charge in [-0.05, 0) is 26.3 Å². The zero-order valence-electron chi connectivity index (χ0n) is 17.3. The number of nitro groups is 1. The summed E-state index contributed by atoms with van der Waals surface area (Å²) in [6, 6.07) is 11.0. The molecule has 0 aliphatic carbocycles. The van der Waals surface area contributed by atoms with Crippen molar-refractivity contribution >= 4 is 17.5 Å². The lowest BCUT2D eigenvalue weighted by Gasteiger charge is -2.30. The average molecular weight is 415 g/mol. The predicted octanol–water partition coefficient (Wildman–Crippen LogP) is 3.61. The molecule has 2 aromatic carbocycles. The van der Waals surface area contributed by atoms with Crippen LogP contribution in [0.5, 0.6) is 0 Å². The van der Waals surface area contributed by atoms with Crippen LogP contribution < -0.4 is 5.32 Å². The number of hydrogen-bond acceptors (Lipinski definition) is 4. The highest BCUT2D eigenvalue weighted by atomic mass is 19.1. The molecule has 8 heteroatoms. The number of benzene rings is 2. The van der Waals surface area contributed by atoms with Crippen LogP contribution in [0.25, 0.3) is 0 Å². The number of para-hydroxylation sites is 1. The van der Waals surface area contributed by atoms with Crippen molar-refractivity contribution in [1.82, 2.24) is 10.2 Å². The summed E-state index contributed by atoms with van der Waals surface area (Å²) < 4.78 is 14.2. The Kier molecular flexibility index (Phi) is 8.03. The molecule has 0 aliphatic rings. The van der Waals surface area contributed by atoms with Gasteiger partial charge in [0.05, 0.1) is 11.3 Å². The third-order valence-electron chi connectivity index (χ3n) is 5.00. The van der Waals surface area contributed by atoms with Gasteiger partial charge in [0.25, 0.3) is 5.69 Å². The molecule has 0 radical (unpaired) electrons. The van der Waals surface area contributed by atoms with E-state index in [0.717, 1.165) is 6.42 Å². The first-order valence-corrected chi connectivity index (χ1v) is 9.80. The van der Waals surface area contributed by atoms with E-state index in [1.54, 1.807) is 25.1 Å². The van der Waals surface area contributed by atoms with Crippen LogP contribution in [-0.2, 0) is 22.6 Å². The Morgan fingerprint density at radius 2 is 1.70 bits per heavy atom. The second-order valence-corrected chi connectivity index (χ2v) is 7.17. The van der Waals surface area contributed by atoms with Crippen molar-refractivity contribution in [1.29, 1.82) is 0 Å². The molecule has 1 N–H and O–H groups in total. The van der Waals surface area contributed by atoms with Crippen LogP contribution in [0.15, 0.2) is 48.5 Å². The maximum absolute atomic E-state index is 14.2. The van der Waals surface area contributed by atoms with E-state index in [2.05, 4.69) is 5.32 Å². The molecule has 160 valence electrons. The molecule has 0 unspecified atom stereocenters. The van der Waals surface area contributed by atoms with Gasteiger partial charge in [-0.3, -0.25) is 19.7 Å². The lowest BCUT2D eigenvalue weighted by Crippen LogP contribution is -2.50. The normalized spacial score (nSPS) is 12.7. The lowest BCUT2D eigenvalue weighted by molar-refractivity contribution is -0.385. The zero-order chi connectivity index (χ0) is 22.3. The number of carbonyl (C=O) groups is 2. The molecular formula is C22H26FN3O4. The van der Waals surface area contributed by atoms with E-state index in [9.17, 15) is 24.1 Å². The van der Waals surface area contributed by atoms with Crippen LogP contribution in [0.2, 0.25) is 0 Å². The topological polar surface area (TPSA) is 92.6 Å². The van der Waals surface area contributed by atoms with Gasteiger partial charge in [-0.25, -0.2) is 4.39 Å². The molecule has 0 aliphatic heterocycles. The van der Waals surface area contributed by atoms with Crippen LogP contribution in [0.3, 0.4) is 0 Å². The predicted molar refractivity (Wildman–Crippen MR) is 111 cm³/mol. The fraction of sp³-hybridized carbons (Fsp3) is 0.364. The summed E-state index contributed by atoms with van der Waals surface area (Å²) in [5.41, 5.74) is 0.325. The van der Waals surface area contributed by atoms with Gasteiger partial charge < -0.3 is 10.2 Å². The minimum absolute atomic E-state index is 0.0828. The van der Waals surface area contributed by atoms with Gasteiger partial charge in [-0.1, -0.05) is 43.3 Å². The number of halogens is 1. The SMILES string of the molecule is CC[C@@H](C)NC(=O)[C@@H](C)N(Cc1ccccc1F)C(=O)Cc1ccccc1[N+](=O)[O-]. The second-order valence-electron chi connectivity index (χ2n) is 7.17. The summed E-state index contributed by atoms with van der Waals surface area (Å²) in [6.07, 6.45) is 0.447. The third kappa shape index (κ3) is 5.85. The zero-order valence-corrected chi connectivity index (χ0v) is 17.3. The van der Waals surface area contributed by atoms with E-state index in [1.807, 2.05) is 13.8 Å². The Bertz CT molecular complexity index is 919. The summed E-state index contributed by atoms with van der Waals surface area (Å²) in [5, 5.41) is 14.1. The maximum Gasteiger partial charge on any atom is 0.273 e. The van der Waals surface area contributed by atoms with Crippen LogP contribution in [0.4, 0.5) is 10.1 Å². The van der Waals surface area contributed by atoms with Crippen molar-refractivity contribution in [3.8, 4) is 0 Å².